The molecule has 2 fully saturated rings. The minimum Gasteiger partial charge on any atom is -0.497 e. The summed E-state index contributed by atoms with van der Waals surface area (Å²) in [6, 6.07) is 6.68. The third-order valence-corrected chi connectivity index (χ3v) is 7.79. The molecule has 3 rings (SSSR count). The van der Waals surface area contributed by atoms with Crippen molar-refractivity contribution in [1.82, 2.24) is 9.21 Å². The molecule has 1 atom stereocenters. The fraction of sp³-hybridized carbons (Fsp3) is 0.647. The van der Waals surface area contributed by atoms with Gasteiger partial charge in [0.05, 0.1) is 25.2 Å². The van der Waals surface area contributed by atoms with Crippen LogP contribution in [0.2, 0.25) is 0 Å². The van der Waals surface area contributed by atoms with E-state index in [-0.39, 0.29) is 6.04 Å². The lowest BCUT2D eigenvalue weighted by molar-refractivity contribution is 0.0309. The van der Waals surface area contributed by atoms with Crippen LogP contribution in [0.15, 0.2) is 29.2 Å². The number of methoxy groups -OCH3 is 1. The molecule has 1 aromatic rings. The van der Waals surface area contributed by atoms with Gasteiger partial charge in [-0.25, -0.2) is 8.42 Å². The Morgan fingerprint density at radius 1 is 1.20 bits per heavy atom. The average molecular weight is 387 g/mol. The highest BCUT2D eigenvalue weighted by Gasteiger charge is 2.34. The van der Waals surface area contributed by atoms with Crippen LogP contribution >= 0.6 is 11.8 Å². The molecular formula is C17H26N2O4S2. The van der Waals surface area contributed by atoms with Crippen molar-refractivity contribution in [3.8, 4) is 5.75 Å². The van der Waals surface area contributed by atoms with Gasteiger partial charge < -0.3 is 9.47 Å². The zero-order valence-electron chi connectivity index (χ0n) is 14.6. The van der Waals surface area contributed by atoms with Gasteiger partial charge in [0.15, 0.2) is 0 Å². The number of hydrogen-bond acceptors (Lipinski definition) is 6. The average Bonchev–Trinajstić information content (AvgIpc) is 2.88. The third-order valence-electron chi connectivity index (χ3n) is 4.62. The SMILES string of the molecule is COc1ccc(S(=O)(=O)N2CCCSCC2CN2CCOCC2)cc1. The summed E-state index contributed by atoms with van der Waals surface area (Å²) in [7, 11) is -1.93. The summed E-state index contributed by atoms with van der Waals surface area (Å²) in [5, 5.41) is 0. The molecule has 1 aromatic carbocycles. The van der Waals surface area contributed by atoms with E-state index in [1.807, 2.05) is 11.8 Å². The summed E-state index contributed by atoms with van der Waals surface area (Å²) >= 11 is 1.85. The van der Waals surface area contributed by atoms with Gasteiger partial charge in [-0.2, -0.15) is 16.1 Å². The van der Waals surface area contributed by atoms with Crippen LogP contribution < -0.4 is 4.74 Å². The normalized spacial score (nSPS) is 24.0. The number of morpholine rings is 1. The number of hydrogen-bond donors (Lipinski definition) is 0. The van der Waals surface area contributed by atoms with E-state index in [1.165, 1.54) is 0 Å². The summed E-state index contributed by atoms with van der Waals surface area (Å²) in [6.45, 7) is 4.55. The largest absolute Gasteiger partial charge is 0.497 e. The molecule has 2 aliphatic heterocycles. The molecule has 25 heavy (non-hydrogen) atoms. The standard InChI is InChI=1S/C17H26N2O4S2/c1-22-16-3-5-17(6-4-16)25(20,21)19-7-2-12-24-14-15(19)13-18-8-10-23-11-9-18/h3-6,15H,2,7-14H2,1H3. The quantitative estimate of drug-likeness (QED) is 0.765. The van der Waals surface area contributed by atoms with Crippen molar-refractivity contribution in [1.29, 1.82) is 0 Å². The first-order chi connectivity index (χ1) is 12.1. The molecule has 1 unspecified atom stereocenters. The topological polar surface area (TPSA) is 59.1 Å². The number of thioether (sulfide) groups is 1. The van der Waals surface area contributed by atoms with Crippen molar-refractivity contribution in [3.05, 3.63) is 24.3 Å². The molecule has 0 N–H and O–H groups in total. The predicted octanol–water partition coefficient (Wildman–Crippen LogP) is 1.52. The monoisotopic (exact) mass is 386 g/mol. The minimum atomic E-state index is -3.50. The van der Waals surface area contributed by atoms with Crippen LogP contribution in [-0.2, 0) is 14.8 Å². The summed E-state index contributed by atoms with van der Waals surface area (Å²) in [5.41, 5.74) is 0. The van der Waals surface area contributed by atoms with Crippen LogP contribution in [0.3, 0.4) is 0 Å². The van der Waals surface area contributed by atoms with Gasteiger partial charge in [-0.15, -0.1) is 0 Å². The van der Waals surface area contributed by atoms with Crippen LogP contribution in [0.5, 0.6) is 5.75 Å². The van der Waals surface area contributed by atoms with Crippen LogP contribution in [0.4, 0.5) is 0 Å². The molecule has 6 nitrogen and oxygen atoms in total. The van der Waals surface area contributed by atoms with Crippen LogP contribution in [0.1, 0.15) is 6.42 Å². The van der Waals surface area contributed by atoms with Crippen molar-refractivity contribution >= 4 is 21.8 Å². The Morgan fingerprint density at radius 3 is 2.60 bits per heavy atom. The van der Waals surface area contributed by atoms with Gasteiger partial charge in [0, 0.05) is 38.0 Å². The van der Waals surface area contributed by atoms with Crippen molar-refractivity contribution in [2.75, 3.05) is 58.0 Å². The smallest absolute Gasteiger partial charge is 0.243 e. The third kappa shape index (κ3) is 4.68. The lowest BCUT2D eigenvalue weighted by Gasteiger charge is -2.35. The summed E-state index contributed by atoms with van der Waals surface area (Å²) in [6.07, 6.45) is 0.889. The maximum atomic E-state index is 13.2. The van der Waals surface area contributed by atoms with Gasteiger partial charge in [0.25, 0.3) is 0 Å². The molecule has 8 heteroatoms. The molecule has 140 valence electrons. The molecule has 0 bridgehead atoms. The molecule has 0 amide bonds. The Balaban J connectivity index is 1.80. The minimum absolute atomic E-state index is 0.00213. The highest BCUT2D eigenvalue weighted by Crippen LogP contribution is 2.26. The first-order valence-electron chi connectivity index (χ1n) is 8.65. The maximum Gasteiger partial charge on any atom is 0.243 e. The second-order valence-corrected chi connectivity index (χ2v) is 9.33. The second kappa shape index (κ2) is 8.73. The lowest BCUT2D eigenvalue weighted by Crippen LogP contribution is -2.50. The number of rotatable bonds is 5. The zero-order chi connectivity index (χ0) is 17.7. The van der Waals surface area contributed by atoms with E-state index in [2.05, 4.69) is 4.90 Å². The molecule has 0 spiro atoms. The Bertz CT molecular complexity index is 645. The van der Waals surface area contributed by atoms with Gasteiger partial charge in [-0.05, 0) is 36.4 Å². The first kappa shape index (κ1) is 19.0. The van der Waals surface area contributed by atoms with E-state index < -0.39 is 10.0 Å². The van der Waals surface area contributed by atoms with Gasteiger partial charge >= 0.3 is 0 Å². The second-order valence-electron chi connectivity index (χ2n) is 6.29. The first-order valence-corrected chi connectivity index (χ1v) is 11.2. The predicted molar refractivity (Wildman–Crippen MR) is 99.9 cm³/mol. The molecule has 2 saturated heterocycles. The molecular weight excluding hydrogens is 360 g/mol. The fourth-order valence-electron chi connectivity index (χ4n) is 3.23. The van der Waals surface area contributed by atoms with E-state index >= 15 is 0 Å². The lowest BCUT2D eigenvalue weighted by atomic mass is 10.2. The summed E-state index contributed by atoms with van der Waals surface area (Å²) in [4.78, 5) is 2.66. The number of sulfonamides is 1. The van der Waals surface area contributed by atoms with E-state index in [1.54, 1.807) is 35.7 Å². The molecule has 0 radical (unpaired) electrons. The highest BCUT2D eigenvalue weighted by molar-refractivity contribution is 7.99. The van der Waals surface area contributed by atoms with E-state index in [0.717, 1.165) is 50.8 Å². The Morgan fingerprint density at radius 2 is 1.92 bits per heavy atom. The highest BCUT2D eigenvalue weighted by atomic mass is 32.2. The van der Waals surface area contributed by atoms with E-state index in [9.17, 15) is 8.42 Å². The Hall–Kier alpha value is -0.800. The Kier molecular flexibility index (Phi) is 6.62. The van der Waals surface area contributed by atoms with Gasteiger partial charge in [0.2, 0.25) is 10.0 Å². The molecule has 0 aromatic heterocycles. The number of nitrogens with zero attached hydrogens (tertiary/aromatic N) is 2. The van der Waals surface area contributed by atoms with Crippen molar-refractivity contribution in [3.63, 3.8) is 0 Å². The summed E-state index contributed by atoms with van der Waals surface area (Å²) in [5.74, 6) is 2.51. The summed E-state index contributed by atoms with van der Waals surface area (Å²) < 4.78 is 38.7. The zero-order valence-corrected chi connectivity index (χ0v) is 16.2. The molecule has 0 saturated carbocycles. The molecule has 2 aliphatic rings. The van der Waals surface area contributed by atoms with Gasteiger partial charge in [-0.1, -0.05) is 0 Å². The molecule has 0 aliphatic carbocycles. The fourth-order valence-corrected chi connectivity index (χ4v) is 6.04. The van der Waals surface area contributed by atoms with Gasteiger partial charge in [0.1, 0.15) is 5.75 Å². The number of ether oxygens (including phenoxy) is 2. The van der Waals surface area contributed by atoms with Crippen LogP contribution in [0.25, 0.3) is 0 Å². The van der Waals surface area contributed by atoms with Crippen molar-refractivity contribution in [2.45, 2.75) is 17.4 Å². The van der Waals surface area contributed by atoms with Crippen molar-refractivity contribution in [2.24, 2.45) is 0 Å². The number of benzene rings is 1. The maximum absolute atomic E-state index is 13.2. The van der Waals surface area contributed by atoms with E-state index in [4.69, 9.17) is 9.47 Å². The van der Waals surface area contributed by atoms with Crippen molar-refractivity contribution < 1.29 is 17.9 Å². The van der Waals surface area contributed by atoms with Crippen LogP contribution in [0, 0.1) is 0 Å². The molecule has 2 heterocycles. The van der Waals surface area contributed by atoms with E-state index in [0.29, 0.717) is 17.2 Å². The van der Waals surface area contributed by atoms with Crippen LogP contribution in [-0.4, -0.2) is 81.7 Å². The Labute approximate surface area is 154 Å². The van der Waals surface area contributed by atoms with Gasteiger partial charge in [-0.3, -0.25) is 4.90 Å².